The van der Waals surface area contributed by atoms with E-state index >= 15 is 0 Å². The Bertz CT molecular complexity index is 910. The number of amides is 2. The molecule has 8 heteroatoms. The molecule has 1 N–H and O–H groups in total. The number of ketones is 1. The lowest BCUT2D eigenvalue weighted by atomic mass is 10.1. The summed E-state index contributed by atoms with van der Waals surface area (Å²) in [4.78, 5) is 40.6. The lowest BCUT2D eigenvalue weighted by Crippen LogP contribution is -2.50. The van der Waals surface area contributed by atoms with Crippen molar-refractivity contribution in [1.29, 1.82) is 0 Å². The Morgan fingerprint density at radius 1 is 0.867 bits per heavy atom. The van der Waals surface area contributed by atoms with Crippen LogP contribution in [0.3, 0.4) is 0 Å². The van der Waals surface area contributed by atoms with Gasteiger partial charge >= 0.3 is 0 Å². The highest BCUT2D eigenvalue weighted by Crippen LogP contribution is 2.20. The first-order valence-corrected chi connectivity index (χ1v) is 10.5. The minimum Gasteiger partial charge on any atom is -0.340 e. The highest BCUT2D eigenvalue weighted by atomic mass is 35.5. The van der Waals surface area contributed by atoms with Gasteiger partial charge in [-0.05, 0) is 36.4 Å². The quantitative estimate of drug-likeness (QED) is 0.656. The molecule has 3 rings (SSSR count). The van der Waals surface area contributed by atoms with E-state index in [1.807, 2.05) is 11.0 Å². The van der Waals surface area contributed by atoms with Crippen molar-refractivity contribution in [2.75, 3.05) is 38.0 Å². The second-order valence-corrected chi connectivity index (χ2v) is 7.96. The number of hydrogen-bond donors (Lipinski definition) is 1. The first kappa shape index (κ1) is 22.3. The van der Waals surface area contributed by atoms with Crippen molar-refractivity contribution in [1.82, 2.24) is 9.80 Å². The number of piperazine rings is 1. The largest absolute Gasteiger partial charge is 0.340 e. The Morgan fingerprint density at radius 2 is 1.53 bits per heavy atom. The molecule has 0 radical (unpaired) electrons. The predicted octanol–water partition coefficient (Wildman–Crippen LogP) is 3.74. The molecule has 158 valence electrons. The highest BCUT2D eigenvalue weighted by molar-refractivity contribution is 6.33. The number of Topliss-reactive ketones (excluding diaryl/α,β-unsaturated/α-hetero) is 1. The number of nitrogens with one attached hydrogen (secondary N) is 1. The van der Waals surface area contributed by atoms with Crippen LogP contribution in [0.5, 0.6) is 0 Å². The third-order valence-corrected chi connectivity index (χ3v) is 5.55. The Labute approximate surface area is 185 Å². The summed E-state index contributed by atoms with van der Waals surface area (Å²) >= 11 is 11.9. The molecule has 1 aliphatic rings. The van der Waals surface area contributed by atoms with Crippen molar-refractivity contribution in [3.63, 3.8) is 0 Å². The maximum absolute atomic E-state index is 12.4. The number of rotatable bonds is 7. The third kappa shape index (κ3) is 6.29. The van der Waals surface area contributed by atoms with Crippen LogP contribution in [0, 0.1) is 0 Å². The lowest BCUT2D eigenvalue weighted by Gasteiger charge is -2.34. The summed E-state index contributed by atoms with van der Waals surface area (Å²) in [5.74, 6) is -0.260. The number of halogens is 2. The van der Waals surface area contributed by atoms with Gasteiger partial charge in [-0.2, -0.15) is 0 Å². The van der Waals surface area contributed by atoms with Crippen LogP contribution in [0.4, 0.5) is 5.69 Å². The first-order valence-electron chi connectivity index (χ1n) is 9.75. The molecule has 1 aliphatic heterocycles. The predicted molar refractivity (Wildman–Crippen MR) is 118 cm³/mol. The Kier molecular flexibility index (Phi) is 7.85. The molecule has 0 atom stereocenters. The van der Waals surface area contributed by atoms with Gasteiger partial charge in [0, 0.05) is 49.6 Å². The van der Waals surface area contributed by atoms with Gasteiger partial charge in [-0.1, -0.05) is 35.3 Å². The summed E-state index contributed by atoms with van der Waals surface area (Å²) in [6, 6.07) is 13.8. The van der Waals surface area contributed by atoms with Gasteiger partial charge in [-0.3, -0.25) is 19.3 Å². The Balaban J connectivity index is 1.39. The smallest absolute Gasteiger partial charge is 0.238 e. The van der Waals surface area contributed by atoms with Gasteiger partial charge in [-0.25, -0.2) is 0 Å². The molecule has 0 spiro atoms. The Morgan fingerprint density at radius 3 is 2.20 bits per heavy atom. The van der Waals surface area contributed by atoms with Crippen LogP contribution in [0.25, 0.3) is 0 Å². The fourth-order valence-corrected chi connectivity index (χ4v) is 3.58. The molecule has 2 aromatic carbocycles. The molecular formula is C22H23Cl2N3O3. The van der Waals surface area contributed by atoms with E-state index in [9.17, 15) is 14.4 Å². The van der Waals surface area contributed by atoms with Crippen molar-refractivity contribution >= 4 is 46.5 Å². The average Bonchev–Trinajstić information content (AvgIpc) is 2.74. The number of anilines is 1. The van der Waals surface area contributed by atoms with E-state index in [2.05, 4.69) is 5.32 Å². The van der Waals surface area contributed by atoms with Gasteiger partial charge in [0.05, 0.1) is 17.3 Å². The monoisotopic (exact) mass is 447 g/mol. The topological polar surface area (TPSA) is 69.7 Å². The van der Waals surface area contributed by atoms with E-state index in [-0.39, 0.29) is 37.0 Å². The molecule has 0 bridgehead atoms. The van der Waals surface area contributed by atoms with Crippen LogP contribution in [-0.2, 0) is 9.59 Å². The van der Waals surface area contributed by atoms with Crippen molar-refractivity contribution < 1.29 is 14.4 Å². The van der Waals surface area contributed by atoms with E-state index in [1.54, 1.807) is 47.4 Å². The zero-order valence-electron chi connectivity index (χ0n) is 16.4. The molecule has 1 heterocycles. The van der Waals surface area contributed by atoms with Crippen LogP contribution in [0.2, 0.25) is 10.0 Å². The zero-order valence-corrected chi connectivity index (χ0v) is 18.0. The number of nitrogens with zero attached hydrogens (tertiary/aromatic N) is 2. The molecule has 1 saturated heterocycles. The minimum absolute atomic E-state index is 0.0440. The van der Waals surface area contributed by atoms with E-state index in [4.69, 9.17) is 23.2 Å². The molecule has 6 nitrogen and oxygen atoms in total. The van der Waals surface area contributed by atoms with E-state index in [0.29, 0.717) is 47.5 Å². The van der Waals surface area contributed by atoms with Gasteiger partial charge in [-0.15, -0.1) is 0 Å². The number of hydrogen-bond acceptors (Lipinski definition) is 4. The second-order valence-electron chi connectivity index (χ2n) is 7.12. The molecule has 2 amide bonds. The van der Waals surface area contributed by atoms with Gasteiger partial charge in [0.2, 0.25) is 11.8 Å². The van der Waals surface area contributed by atoms with Crippen LogP contribution in [0.15, 0.2) is 48.5 Å². The molecule has 0 aromatic heterocycles. The molecule has 30 heavy (non-hydrogen) atoms. The summed E-state index contributed by atoms with van der Waals surface area (Å²) in [5.41, 5.74) is 1.14. The molecule has 0 aliphatic carbocycles. The van der Waals surface area contributed by atoms with Crippen molar-refractivity contribution in [3.8, 4) is 0 Å². The maximum Gasteiger partial charge on any atom is 0.238 e. The molecular weight excluding hydrogens is 425 g/mol. The van der Waals surface area contributed by atoms with Crippen LogP contribution < -0.4 is 5.32 Å². The number of carbonyl (C=O) groups excluding carboxylic acids is 3. The fourth-order valence-electron chi connectivity index (χ4n) is 3.27. The van der Waals surface area contributed by atoms with Crippen LogP contribution >= 0.6 is 23.2 Å². The standard InChI is InChI=1S/C22H23Cl2N3O3/c23-17-7-5-16(6-8-17)20(28)9-10-22(30)27-13-11-26(12-14-27)15-21(29)25-19-4-2-1-3-18(19)24/h1-8H,9-15H2,(H,25,29). The molecule has 0 saturated carbocycles. The van der Waals surface area contributed by atoms with Crippen molar-refractivity contribution in [2.24, 2.45) is 0 Å². The summed E-state index contributed by atoms with van der Waals surface area (Å²) < 4.78 is 0. The summed E-state index contributed by atoms with van der Waals surface area (Å²) in [5, 5.41) is 3.87. The van der Waals surface area contributed by atoms with Gasteiger partial charge in [0.15, 0.2) is 5.78 Å². The number of carbonyl (C=O) groups is 3. The lowest BCUT2D eigenvalue weighted by molar-refractivity contribution is -0.133. The van der Waals surface area contributed by atoms with Gasteiger partial charge in [0.25, 0.3) is 0 Å². The van der Waals surface area contributed by atoms with Crippen molar-refractivity contribution in [3.05, 3.63) is 64.1 Å². The fraction of sp³-hybridized carbons (Fsp3) is 0.318. The highest BCUT2D eigenvalue weighted by Gasteiger charge is 2.23. The van der Waals surface area contributed by atoms with Crippen LogP contribution in [0.1, 0.15) is 23.2 Å². The van der Waals surface area contributed by atoms with Gasteiger partial charge in [0.1, 0.15) is 0 Å². The normalized spacial score (nSPS) is 14.4. The molecule has 1 fully saturated rings. The van der Waals surface area contributed by atoms with Crippen LogP contribution in [-0.4, -0.2) is 60.1 Å². The number of benzene rings is 2. The SMILES string of the molecule is O=C(CN1CCN(C(=O)CCC(=O)c2ccc(Cl)cc2)CC1)Nc1ccccc1Cl. The Hall–Kier alpha value is -2.41. The summed E-state index contributed by atoms with van der Waals surface area (Å²) in [6.45, 7) is 2.52. The molecule has 0 unspecified atom stereocenters. The minimum atomic E-state index is -0.142. The van der Waals surface area contributed by atoms with E-state index in [0.717, 1.165) is 0 Å². The maximum atomic E-state index is 12.4. The second kappa shape index (κ2) is 10.6. The summed E-state index contributed by atoms with van der Waals surface area (Å²) in [6.07, 6.45) is 0.343. The van der Waals surface area contributed by atoms with Crippen molar-refractivity contribution in [2.45, 2.75) is 12.8 Å². The first-order chi connectivity index (χ1) is 14.4. The van der Waals surface area contributed by atoms with E-state index in [1.165, 1.54) is 0 Å². The number of para-hydroxylation sites is 1. The zero-order chi connectivity index (χ0) is 21.5. The molecule has 2 aromatic rings. The van der Waals surface area contributed by atoms with Gasteiger partial charge < -0.3 is 10.2 Å². The average molecular weight is 448 g/mol. The summed E-state index contributed by atoms with van der Waals surface area (Å²) in [7, 11) is 0. The van der Waals surface area contributed by atoms with E-state index < -0.39 is 0 Å². The third-order valence-electron chi connectivity index (χ3n) is 4.97.